The number of anilines is 2. The van der Waals surface area contributed by atoms with E-state index in [2.05, 4.69) is 55.4 Å². The minimum Gasteiger partial charge on any atom is -0.780 e. The number of carbonyl (C=O) groups excluding carboxylic acids is 2. The van der Waals surface area contributed by atoms with Gasteiger partial charge in [-0.25, -0.2) is 30.9 Å². The molecular weight excluding hydrogens is 926 g/mol. The average Bonchev–Trinajstić information content (AvgIpc) is 4.04. The van der Waals surface area contributed by atoms with E-state index in [0.717, 1.165) is 12.7 Å². The number of ether oxygens (including phenoxy) is 2. The van der Waals surface area contributed by atoms with Gasteiger partial charge in [0.2, 0.25) is 18.4 Å². The maximum absolute atomic E-state index is 16.8. The van der Waals surface area contributed by atoms with Gasteiger partial charge in [-0.2, -0.15) is 4.98 Å². The Morgan fingerprint density at radius 3 is 2.47 bits per heavy atom. The summed E-state index contributed by atoms with van der Waals surface area (Å²) < 4.78 is 61.4. The van der Waals surface area contributed by atoms with Crippen molar-refractivity contribution in [2.24, 2.45) is 11.0 Å². The minimum atomic E-state index is -4.70. The summed E-state index contributed by atoms with van der Waals surface area (Å²) in [6.07, 6.45) is -7.78. The zero-order valence-corrected chi connectivity index (χ0v) is 36.6. The van der Waals surface area contributed by atoms with Crippen LogP contribution in [-0.2, 0) is 60.5 Å². The van der Waals surface area contributed by atoms with Gasteiger partial charge in [-0.1, -0.05) is 49.0 Å². The molecule has 3 N–H and O–H groups in total. The number of aromatic nitrogens is 8. The third-order valence-corrected chi connectivity index (χ3v) is 13.8. The van der Waals surface area contributed by atoms with Crippen molar-refractivity contribution in [1.82, 2.24) is 39.0 Å². The predicted molar refractivity (Wildman–Crippen MR) is 225 cm³/mol. The fourth-order valence-electron chi connectivity index (χ4n) is 6.84. The average molecular weight is 960 g/mol. The number of hydrogen-bond donors (Lipinski definition) is 3. The summed E-state index contributed by atoms with van der Waals surface area (Å²) in [5.41, 5.74) is 9.14. The van der Waals surface area contributed by atoms with E-state index in [0.29, 0.717) is 5.56 Å². The van der Waals surface area contributed by atoms with Crippen LogP contribution in [0.3, 0.4) is 0 Å². The molecular formula is C34H34FN14O11P2S2-. The lowest BCUT2D eigenvalue weighted by Gasteiger charge is -2.34. The molecule has 4 bridgehead atoms. The Hall–Kier alpha value is -5.23. The molecule has 25 nitrogen and oxygen atoms in total. The third kappa shape index (κ3) is 9.30. The number of imidazole rings is 2. The highest BCUT2D eigenvalue weighted by atomic mass is 32.5. The van der Waals surface area contributed by atoms with E-state index in [9.17, 15) is 24.8 Å². The molecule has 3 aliphatic rings. The summed E-state index contributed by atoms with van der Waals surface area (Å²) in [4.78, 5) is 82.6. The van der Waals surface area contributed by atoms with Gasteiger partial charge < -0.3 is 42.6 Å². The molecule has 2 amide bonds. The second-order valence-corrected chi connectivity index (χ2v) is 20.0. The fraction of sp³-hybridized carbons (Fsp3) is 0.441. The molecule has 0 saturated carbocycles. The smallest absolute Gasteiger partial charge is 0.328 e. The monoisotopic (exact) mass is 959 g/mol. The number of aromatic amines is 1. The van der Waals surface area contributed by atoms with Gasteiger partial charge >= 0.3 is 6.72 Å². The van der Waals surface area contributed by atoms with Crippen molar-refractivity contribution >= 4 is 83.0 Å². The van der Waals surface area contributed by atoms with E-state index in [1.165, 1.54) is 15.5 Å². The molecule has 336 valence electrons. The summed E-state index contributed by atoms with van der Waals surface area (Å²) in [5.74, 6) is -1.64. The van der Waals surface area contributed by atoms with Crippen LogP contribution in [0.25, 0.3) is 37.6 Å². The molecule has 10 atom stereocenters. The lowest BCUT2D eigenvalue weighted by Crippen LogP contribution is -2.37. The number of carbonyl (C=O) groups is 2. The van der Waals surface area contributed by atoms with E-state index in [-0.39, 0.29) is 47.2 Å². The van der Waals surface area contributed by atoms with Crippen molar-refractivity contribution in [2.75, 3.05) is 37.0 Å². The van der Waals surface area contributed by atoms with E-state index in [1.807, 2.05) is 0 Å². The van der Waals surface area contributed by atoms with Gasteiger partial charge in [0, 0.05) is 16.4 Å². The van der Waals surface area contributed by atoms with Crippen molar-refractivity contribution in [2.45, 2.75) is 62.9 Å². The first kappa shape index (κ1) is 45.3. The normalized spacial score (nSPS) is 29.5. The lowest BCUT2D eigenvalue weighted by molar-refractivity contribution is -0.216. The molecule has 1 aromatic carbocycles. The molecule has 3 aliphatic heterocycles. The number of H-pyrrole nitrogens is 1. The van der Waals surface area contributed by atoms with Crippen LogP contribution in [0.1, 0.15) is 36.7 Å². The summed E-state index contributed by atoms with van der Waals surface area (Å²) in [5, 5.41) is 9.07. The van der Waals surface area contributed by atoms with Crippen LogP contribution in [0.2, 0.25) is 0 Å². The van der Waals surface area contributed by atoms with Gasteiger partial charge in [-0.3, -0.25) is 38.3 Å². The molecule has 7 heterocycles. The highest BCUT2D eigenvalue weighted by Gasteiger charge is 2.53. The summed E-state index contributed by atoms with van der Waals surface area (Å²) in [6, 6.07) is 6.96. The summed E-state index contributed by atoms with van der Waals surface area (Å²) in [6.45, 7) is -0.298. The molecule has 3 fully saturated rings. The summed E-state index contributed by atoms with van der Waals surface area (Å²) in [7, 11) is 0. The van der Waals surface area contributed by atoms with Gasteiger partial charge in [0.05, 0.1) is 38.0 Å². The molecule has 0 aliphatic carbocycles. The topological polar surface area (TPSA) is 306 Å². The lowest BCUT2D eigenvalue weighted by atomic mass is 10.1. The van der Waals surface area contributed by atoms with Crippen LogP contribution >= 0.6 is 13.4 Å². The number of benzene rings is 1. The second kappa shape index (κ2) is 18.7. The van der Waals surface area contributed by atoms with Gasteiger partial charge in [-0.05, 0) is 29.5 Å². The Balaban J connectivity index is 1.15. The van der Waals surface area contributed by atoms with Crippen molar-refractivity contribution in [3.05, 3.63) is 87.1 Å². The maximum Gasteiger partial charge on any atom is 0.328 e. The standard InChI is InChI=1S/C34H35FN14O11P2S2/c1-16(2)29(50)44-34-43-28-23(31(52)45-34)41-15-49(28)32-24-20(35)18(57-32)11-55-61(53,63)59-25-21(46-47-36)19(12-56-62(64,60-24)54-10-9-37-3)58-33(25)48-14-40-22-26(38-13-39-27(22)48)42-30(51)17-7-5-4-6-8-17/h4-8,13-16,18-21,24-25,32-33H,9-12H2,1-2H3,(H,53,63)(H,38,39,42,51)(H2,43,44,45,50,52)/p-1/t18-,19-,20-,21-,24-,25-,32-,33-,61?,62?/m1/s1. The highest BCUT2D eigenvalue weighted by molar-refractivity contribution is 8.07. The summed E-state index contributed by atoms with van der Waals surface area (Å²) >= 11 is 11.1. The van der Waals surface area contributed by atoms with E-state index in [1.54, 1.807) is 44.2 Å². The van der Waals surface area contributed by atoms with Crippen LogP contribution in [0, 0.1) is 12.5 Å². The van der Waals surface area contributed by atoms with Crippen molar-refractivity contribution in [3.63, 3.8) is 0 Å². The van der Waals surface area contributed by atoms with Crippen LogP contribution in [0.15, 0.2) is 59.2 Å². The number of azide groups is 1. The molecule has 8 rings (SSSR count). The number of nitrogens with zero attached hydrogens (tertiary/aromatic N) is 11. The molecule has 0 radical (unpaired) electrons. The third-order valence-electron chi connectivity index (χ3n) is 9.88. The van der Waals surface area contributed by atoms with E-state index < -0.39 is 99.0 Å². The molecule has 3 saturated heterocycles. The molecule has 30 heteroatoms. The van der Waals surface area contributed by atoms with Gasteiger partial charge in [0.15, 0.2) is 46.8 Å². The van der Waals surface area contributed by atoms with Crippen molar-refractivity contribution < 1.29 is 51.0 Å². The van der Waals surface area contributed by atoms with Crippen molar-refractivity contribution in [1.29, 1.82) is 0 Å². The van der Waals surface area contributed by atoms with Crippen LogP contribution in [-0.4, -0.2) is 114 Å². The molecule has 2 unspecified atom stereocenters. The Kier molecular flexibility index (Phi) is 13.3. The first-order chi connectivity index (χ1) is 30.7. The van der Waals surface area contributed by atoms with E-state index >= 15 is 4.39 Å². The first-order valence-electron chi connectivity index (χ1n) is 19.0. The van der Waals surface area contributed by atoms with Crippen LogP contribution in [0.5, 0.6) is 0 Å². The van der Waals surface area contributed by atoms with Gasteiger partial charge in [-0.15, -0.1) is 0 Å². The largest absolute Gasteiger partial charge is 0.780 e. The fourth-order valence-corrected chi connectivity index (χ4v) is 10.3. The second-order valence-electron chi connectivity index (χ2n) is 14.4. The van der Waals surface area contributed by atoms with Gasteiger partial charge in [0.1, 0.15) is 38.0 Å². The number of nitrogens with one attached hydrogen (secondary N) is 3. The van der Waals surface area contributed by atoms with Crippen molar-refractivity contribution in [3.8, 4) is 0 Å². The van der Waals surface area contributed by atoms with Gasteiger partial charge in [0.25, 0.3) is 11.5 Å². The quantitative estimate of drug-likeness (QED) is 0.0452. The Morgan fingerprint density at radius 1 is 1.03 bits per heavy atom. The van der Waals surface area contributed by atoms with Crippen LogP contribution in [0.4, 0.5) is 16.2 Å². The number of halogens is 1. The predicted octanol–water partition coefficient (Wildman–Crippen LogP) is 3.18. The highest BCUT2D eigenvalue weighted by Crippen LogP contribution is 2.56. The number of hydrogen-bond acceptors (Lipinski definition) is 19. The Labute approximate surface area is 369 Å². The Bertz CT molecular complexity index is 2840. The molecule has 5 aromatic rings. The zero-order chi connectivity index (χ0) is 45.3. The molecule has 64 heavy (non-hydrogen) atoms. The van der Waals surface area contributed by atoms with E-state index in [4.69, 9.17) is 62.3 Å². The zero-order valence-electron chi connectivity index (χ0n) is 33.1. The first-order valence-corrected chi connectivity index (χ1v) is 24.2. The minimum absolute atomic E-state index is 0.0309. The number of amides is 2. The maximum atomic E-state index is 16.8. The van der Waals surface area contributed by atoms with Crippen LogP contribution < -0.4 is 21.1 Å². The number of fused-ring (bicyclic) bond motifs is 6. The number of alkyl halides is 1. The SMILES string of the molecule is [C-]#[N+]CCOP1(=S)OC[C@H]2O[C@@H](n3cnc4c(NC(=O)c5ccccc5)ncnc43)[C@H](OP([O-])(=S)OC[C@H]3O[C@@H](n4cnc5c(=O)[nH]c(NC(=O)C(C)C)nc54)[C@H](O1)[C@@H]3F)[C@@H]2N=[N+]=[N-]. The molecule has 0 spiro atoms. The number of rotatable bonds is 10. The molecule has 4 aromatic heterocycles. The Morgan fingerprint density at radius 2 is 1.73 bits per heavy atom.